The number of nitrogens with one attached hydrogen (secondary N) is 1. The van der Waals surface area contributed by atoms with Crippen LogP contribution in [-0.2, 0) is 11.0 Å². The molecule has 1 N–H and O–H groups in total. The molecule has 0 aliphatic carbocycles. The van der Waals surface area contributed by atoms with E-state index >= 15 is 0 Å². The van der Waals surface area contributed by atoms with Crippen LogP contribution in [0.5, 0.6) is 0 Å². The number of hydrogen-bond acceptors (Lipinski definition) is 3. The summed E-state index contributed by atoms with van der Waals surface area (Å²) in [4.78, 5) is 16.2. The summed E-state index contributed by atoms with van der Waals surface area (Å²) in [6.07, 6.45) is -3.64. The third-order valence-corrected chi connectivity index (χ3v) is 4.62. The lowest BCUT2D eigenvalue weighted by Gasteiger charge is -2.16. The van der Waals surface area contributed by atoms with E-state index < -0.39 is 17.0 Å². The highest BCUT2D eigenvalue weighted by atomic mass is 32.2. The van der Waals surface area contributed by atoms with Gasteiger partial charge in [-0.1, -0.05) is 43.8 Å². The minimum Gasteiger partial charge on any atom is -0.325 e. The normalized spacial score (nSPS) is 12.9. The van der Waals surface area contributed by atoms with E-state index in [0.29, 0.717) is 5.03 Å². The first-order valence-electron chi connectivity index (χ1n) is 7.78. The zero-order valence-corrected chi connectivity index (χ0v) is 14.9. The molecular formula is C18H19F3N2OS. The van der Waals surface area contributed by atoms with Gasteiger partial charge in [0.2, 0.25) is 5.91 Å². The number of alkyl halides is 3. The van der Waals surface area contributed by atoms with E-state index in [1.165, 1.54) is 6.07 Å². The Morgan fingerprint density at radius 1 is 1.12 bits per heavy atom. The Balaban J connectivity index is 2.04. The van der Waals surface area contributed by atoms with E-state index in [4.69, 9.17) is 0 Å². The van der Waals surface area contributed by atoms with Crippen LogP contribution in [0, 0.1) is 0 Å². The Morgan fingerprint density at radius 2 is 1.80 bits per heavy atom. The number of aromatic nitrogens is 1. The zero-order valence-electron chi connectivity index (χ0n) is 14.1. The second kappa shape index (κ2) is 7.91. The fourth-order valence-electron chi connectivity index (χ4n) is 2.20. The first-order valence-corrected chi connectivity index (χ1v) is 8.66. The van der Waals surface area contributed by atoms with Gasteiger partial charge >= 0.3 is 6.18 Å². The van der Waals surface area contributed by atoms with Crippen molar-refractivity contribution in [2.45, 2.75) is 43.1 Å². The molecule has 3 nitrogen and oxygen atoms in total. The number of para-hydroxylation sites is 1. The highest BCUT2D eigenvalue weighted by Gasteiger charge is 2.30. The molecule has 1 amide bonds. The average molecular weight is 368 g/mol. The predicted octanol–water partition coefficient (Wildman–Crippen LogP) is 5.34. The Morgan fingerprint density at radius 3 is 2.36 bits per heavy atom. The van der Waals surface area contributed by atoms with Crippen LogP contribution in [-0.4, -0.2) is 16.1 Å². The lowest BCUT2D eigenvalue weighted by Crippen LogP contribution is -2.23. The minimum atomic E-state index is -4.42. The highest BCUT2D eigenvalue weighted by Crippen LogP contribution is 2.31. The molecule has 1 aromatic heterocycles. The molecule has 0 aliphatic heterocycles. The summed E-state index contributed by atoms with van der Waals surface area (Å²) in [5.74, 6) is 0.0378. The van der Waals surface area contributed by atoms with Crippen LogP contribution in [0.4, 0.5) is 18.9 Å². The molecule has 25 heavy (non-hydrogen) atoms. The van der Waals surface area contributed by atoms with Gasteiger partial charge in [-0.25, -0.2) is 4.98 Å². The maximum Gasteiger partial charge on any atom is 0.417 e. The van der Waals surface area contributed by atoms with Crippen molar-refractivity contribution in [2.75, 3.05) is 5.32 Å². The molecule has 0 spiro atoms. The molecule has 2 rings (SSSR count). The molecule has 0 fully saturated rings. The van der Waals surface area contributed by atoms with Crippen LogP contribution in [0.2, 0.25) is 0 Å². The number of hydrogen-bond donors (Lipinski definition) is 1. The number of rotatable bonds is 5. The molecule has 1 atom stereocenters. The zero-order chi connectivity index (χ0) is 18.6. The summed E-state index contributed by atoms with van der Waals surface area (Å²) in [6, 6.07) is 9.79. The van der Waals surface area contributed by atoms with Gasteiger partial charge in [0.05, 0.1) is 15.8 Å². The Labute approximate surface area is 149 Å². The van der Waals surface area contributed by atoms with Gasteiger partial charge in [0, 0.05) is 11.9 Å². The maximum absolute atomic E-state index is 12.5. The van der Waals surface area contributed by atoms with Gasteiger partial charge in [0.1, 0.15) is 0 Å². The van der Waals surface area contributed by atoms with Gasteiger partial charge < -0.3 is 5.32 Å². The average Bonchev–Trinajstić information content (AvgIpc) is 2.54. The van der Waals surface area contributed by atoms with Crippen molar-refractivity contribution >= 4 is 23.4 Å². The van der Waals surface area contributed by atoms with Gasteiger partial charge in [-0.05, 0) is 36.6 Å². The number of amides is 1. The summed E-state index contributed by atoms with van der Waals surface area (Å²) in [7, 11) is 0. The Bertz CT molecular complexity index is 730. The quantitative estimate of drug-likeness (QED) is 0.724. The maximum atomic E-state index is 12.5. The third kappa shape index (κ3) is 5.22. The standard InChI is InChI=1S/C18H19F3N2OS/c1-11(2)14-6-4-5-7-15(14)23-17(24)12(3)25-16-9-8-13(10-22-16)18(19,20)21/h4-12H,1-3H3,(H,23,24). The molecule has 134 valence electrons. The number of carbonyl (C=O) groups is 1. The summed E-state index contributed by atoms with van der Waals surface area (Å²) >= 11 is 1.11. The molecule has 1 unspecified atom stereocenters. The molecule has 0 aliphatic rings. The topological polar surface area (TPSA) is 42.0 Å². The molecule has 0 saturated carbocycles. The van der Waals surface area contributed by atoms with Crippen LogP contribution in [0.25, 0.3) is 0 Å². The van der Waals surface area contributed by atoms with Crippen molar-refractivity contribution in [1.29, 1.82) is 0 Å². The van der Waals surface area contributed by atoms with Crippen molar-refractivity contribution < 1.29 is 18.0 Å². The van der Waals surface area contributed by atoms with Crippen LogP contribution < -0.4 is 5.32 Å². The number of carbonyl (C=O) groups excluding carboxylic acids is 1. The minimum absolute atomic E-state index is 0.222. The highest BCUT2D eigenvalue weighted by molar-refractivity contribution is 8.00. The number of anilines is 1. The summed E-state index contributed by atoms with van der Waals surface area (Å²) in [5, 5.41) is 2.75. The number of pyridine rings is 1. The van der Waals surface area contributed by atoms with Crippen molar-refractivity contribution in [3.8, 4) is 0 Å². The van der Waals surface area contributed by atoms with E-state index in [1.807, 2.05) is 38.1 Å². The molecule has 1 aromatic carbocycles. The van der Waals surface area contributed by atoms with Crippen molar-refractivity contribution in [3.05, 3.63) is 53.7 Å². The van der Waals surface area contributed by atoms with E-state index in [2.05, 4.69) is 10.3 Å². The van der Waals surface area contributed by atoms with E-state index in [-0.39, 0.29) is 11.8 Å². The summed E-state index contributed by atoms with van der Waals surface area (Å²) in [6.45, 7) is 5.77. The smallest absolute Gasteiger partial charge is 0.325 e. The lowest BCUT2D eigenvalue weighted by molar-refractivity contribution is -0.137. The van der Waals surface area contributed by atoms with Crippen LogP contribution in [0.1, 0.15) is 37.8 Å². The number of benzene rings is 1. The predicted molar refractivity (Wildman–Crippen MR) is 93.7 cm³/mol. The first kappa shape index (κ1) is 19.3. The summed E-state index contributed by atoms with van der Waals surface area (Å²) < 4.78 is 37.6. The Kier molecular flexibility index (Phi) is 6.11. The van der Waals surface area contributed by atoms with Crippen LogP contribution >= 0.6 is 11.8 Å². The molecule has 2 aromatic rings. The second-order valence-corrected chi connectivity index (χ2v) is 7.24. The molecule has 0 saturated heterocycles. The van der Waals surface area contributed by atoms with Gasteiger partial charge in [0.25, 0.3) is 0 Å². The van der Waals surface area contributed by atoms with Crippen LogP contribution in [0.15, 0.2) is 47.6 Å². The molecule has 1 heterocycles. The second-order valence-electron chi connectivity index (χ2n) is 5.87. The van der Waals surface area contributed by atoms with E-state index in [0.717, 1.165) is 35.3 Å². The number of thioether (sulfide) groups is 1. The van der Waals surface area contributed by atoms with Crippen LogP contribution in [0.3, 0.4) is 0 Å². The molecule has 7 heteroatoms. The lowest BCUT2D eigenvalue weighted by atomic mass is 10.0. The number of halogens is 3. The van der Waals surface area contributed by atoms with E-state index in [9.17, 15) is 18.0 Å². The fourth-order valence-corrected chi connectivity index (χ4v) is 2.99. The van der Waals surface area contributed by atoms with Crippen molar-refractivity contribution in [3.63, 3.8) is 0 Å². The number of nitrogens with zero attached hydrogens (tertiary/aromatic N) is 1. The van der Waals surface area contributed by atoms with Gasteiger partial charge in [-0.2, -0.15) is 13.2 Å². The molecule has 0 bridgehead atoms. The van der Waals surface area contributed by atoms with E-state index in [1.54, 1.807) is 6.92 Å². The van der Waals surface area contributed by atoms with Gasteiger partial charge in [-0.15, -0.1) is 0 Å². The first-order chi connectivity index (χ1) is 11.7. The third-order valence-electron chi connectivity index (χ3n) is 3.57. The van der Waals surface area contributed by atoms with Gasteiger partial charge in [0.15, 0.2) is 0 Å². The van der Waals surface area contributed by atoms with Gasteiger partial charge in [-0.3, -0.25) is 4.79 Å². The summed E-state index contributed by atoms with van der Waals surface area (Å²) in [5.41, 5.74) is 0.968. The SMILES string of the molecule is CC(Sc1ccc(C(F)(F)F)cn1)C(=O)Nc1ccccc1C(C)C. The molecule has 0 radical (unpaired) electrons. The molecular weight excluding hydrogens is 349 g/mol. The monoisotopic (exact) mass is 368 g/mol. The largest absolute Gasteiger partial charge is 0.417 e. The van der Waals surface area contributed by atoms with Crippen molar-refractivity contribution in [2.24, 2.45) is 0 Å². The van der Waals surface area contributed by atoms with Crippen molar-refractivity contribution in [1.82, 2.24) is 4.98 Å². The Hall–Kier alpha value is -2.02. The fraction of sp³-hybridized carbons (Fsp3) is 0.333.